The van der Waals surface area contributed by atoms with Gasteiger partial charge in [-0.2, -0.15) is 10.5 Å². The number of likely N-dealkylation sites (tertiary alicyclic amines) is 3. The van der Waals surface area contributed by atoms with Crippen molar-refractivity contribution in [1.29, 1.82) is 10.5 Å². The molecule has 10 nitrogen and oxygen atoms in total. The average molecular weight is 506 g/mol. The lowest BCUT2D eigenvalue weighted by molar-refractivity contribution is -0.148. The van der Waals surface area contributed by atoms with E-state index in [0.717, 1.165) is 50.8 Å². The van der Waals surface area contributed by atoms with Crippen LogP contribution in [0, 0.1) is 41.5 Å². The van der Waals surface area contributed by atoms with Crippen LogP contribution in [0.3, 0.4) is 0 Å². The van der Waals surface area contributed by atoms with Gasteiger partial charge in [-0.05, 0) is 74.6 Å². The van der Waals surface area contributed by atoms with Gasteiger partial charge in [-0.25, -0.2) is 5.48 Å². The zero-order chi connectivity index (χ0) is 26.4. The Morgan fingerprint density at radius 2 is 1.68 bits per heavy atom. The first kappa shape index (κ1) is 26.4. The predicted molar refractivity (Wildman–Crippen MR) is 136 cm³/mol. The molecule has 3 saturated heterocycles. The molecule has 3 aliphatic rings. The highest BCUT2D eigenvalue weighted by atomic mass is 16.5. The van der Waals surface area contributed by atoms with E-state index in [1.807, 2.05) is 41.1 Å². The van der Waals surface area contributed by atoms with Gasteiger partial charge in [-0.15, -0.1) is 4.99 Å². The smallest absolute Gasteiger partial charge is 0.249 e. The molecule has 0 bridgehead atoms. The molecule has 196 valence electrons. The molecule has 10 heteroatoms. The second-order valence-electron chi connectivity index (χ2n) is 10.3. The monoisotopic (exact) mass is 505 g/mol. The Morgan fingerprint density at radius 3 is 2.30 bits per heavy atom. The summed E-state index contributed by atoms with van der Waals surface area (Å²) in [7, 11) is 0. The summed E-state index contributed by atoms with van der Waals surface area (Å²) in [5.41, 5.74) is 4.73. The lowest BCUT2D eigenvalue weighted by Crippen LogP contribution is -2.57. The second-order valence-corrected chi connectivity index (χ2v) is 10.3. The van der Waals surface area contributed by atoms with Gasteiger partial charge in [0.05, 0.1) is 23.5 Å². The minimum Gasteiger partial charge on any atom is -0.342 e. The van der Waals surface area contributed by atoms with Crippen molar-refractivity contribution in [2.75, 3.05) is 39.3 Å². The summed E-state index contributed by atoms with van der Waals surface area (Å²) in [4.78, 5) is 36.2. The van der Waals surface area contributed by atoms with E-state index in [1.165, 1.54) is 5.56 Å². The van der Waals surface area contributed by atoms with E-state index in [0.29, 0.717) is 43.5 Å². The zero-order valence-electron chi connectivity index (χ0n) is 21.4. The van der Waals surface area contributed by atoms with E-state index in [2.05, 4.69) is 16.0 Å². The molecule has 0 radical (unpaired) electrons. The van der Waals surface area contributed by atoms with Gasteiger partial charge in [0.15, 0.2) is 0 Å². The molecule has 3 heterocycles. The van der Waals surface area contributed by atoms with Crippen LogP contribution in [0.1, 0.15) is 61.1 Å². The summed E-state index contributed by atoms with van der Waals surface area (Å²) < 4.78 is 0. The van der Waals surface area contributed by atoms with Gasteiger partial charge >= 0.3 is 0 Å². The Labute approximate surface area is 218 Å². The number of hydroxylamine groups is 1. The van der Waals surface area contributed by atoms with E-state index in [1.54, 1.807) is 5.48 Å². The number of carbonyl (C=O) groups excluding carboxylic acids is 2. The summed E-state index contributed by atoms with van der Waals surface area (Å²) in [6.07, 6.45) is 7.18. The van der Waals surface area contributed by atoms with Crippen molar-refractivity contribution < 1.29 is 14.8 Å². The number of aliphatic imine (C=N–C) groups is 1. The average Bonchev–Trinajstić information content (AvgIpc) is 2.95. The number of nitriles is 2. The molecule has 0 saturated carbocycles. The van der Waals surface area contributed by atoms with E-state index < -0.39 is 17.7 Å². The Kier molecular flexibility index (Phi) is 8.62. The van der Waals surface area contributed by atoms with Gasteiger partial charge in [0.25, 0.3) is 0 Å². The number of hydrogen-bond donors (Lipinski definition) is 2. The Hall–Kier alpha value is -3.63. The first-order valence-electron chi connectivity index (χ1n) is 13.2. The van der Waals surface area contributed by atoms with Crippen molar-refractivity contribution in [3.8, 4) is 12.3 Å². The van der Waals surface area contributed by atoms with Crippen LogP contribution in [-0.2, 0) is 9.59 Å². The maximum absolute atomic E-state index is 13.6. The van der Waals surface area contributed by atoms with Crippen LogP contribution in [0.15, 0.2) is 23.2 Å². The topological polar surface area (TPSA) is 136 Å². The molecule has 1 aromatic rings. The van der Waals surface area contributed by atoms with Crippen LogP contribution in [0.4, 0.5) is 0 Å². The third-order valence-corrected chi connectivity index (χ3v) is 8.09. The lowest BCUT2D eigenvalue weighted by atomic mass is 9.82. The van der Waals surface area contributed by atoms with Crippen molar-refractivity contribution in [3.63, 3.8) is 0 Å². The molecular weight excluding hydrogens is 470 g/mol. The molecule has 2 atom stereocenters. The van der Waals surface area contributed by atoms with Gasteiger partial charge in [0.1, 0.15) is 0 Å². The maximum atomic E-state index is 13.6. The van der Waals surface area contributed by atoms with Gasteiger partial charge < -0.3 is 14.7 Å². The van der Waals surface area contributed by atoms with E-state index in [9.17, 15) is 20.1 Å². The third-order valence-electron chi connectivity index (χ3n) is 8.09. The third kappa shape index (κ3) is 5.86. The predicted octanol–water partition coefficient (Wildman–Crippen LogP) is 2.34. The fourth-order valence-electron chi connectivity index (χ4n) is 6.11. The molecule has 2 N–H and O–H groups in total. The molecule has 3 fully saturated rings. The van der Waals surface area contributed by atoms with E-state index >= 15 is 0 Å². The van der Waals surface area contributed by atoms with Crippen molar-refractivity contribution >= 4 is 17.8 Å². The molecule has 3 aliphatic heterocycles. The van der Waals surface area contributed by atoms with Crippen LogP contribution in [0.25, 0.3) is 0 Å². The largest absolute Gasteiger partial charge is 0.342 e. The molecule has 2 unspecified atom stereocenters. The number of guanidine groups is 1. The number of benzene rings is 1. The van der Waals surface area contributed by atoms with Crippen LogP contribution in [0.5, 0.6) is 0 Å². The second kappa shape index (κ2) is 12.1. The van der Waals surface area contributed by atoms with Crippen LogP contribution < -0.4 is 5.48 Å². The molecule has 4 rings (SSSR count). The number of carbonyl (C=O) groups is 2. The van der Waals surface area contributed by atoms with E-state index in [-0.39, 0.29) is 12.5 Å². The molecule has 1 aromatic carbocycles. The normalized spacial score (nSPS) is 23.2. The Bertz CT molecular complexity index is 1110. The first-order valence-corrected chi connectivity index (χ1v) is 13.2. The van der Waals surface area contributed by atoms with Crippen molar-refractivity contribution in [1.82, 2.24) is 20.2 Å². The SMILES string of the molecule is Cc1cc(C#N)ccc1C1CCN(C(=O)C2CCN(C(=NC#N)N3CCCCC3)CC2C(=O)NO)CC1. The minimum absolute atomic E-state index is 0.0556. The van der Waals surface area contributed by atoms with Gasteiger partial charge in [0, 0.05) is 39.3 Å². The van der Waals surface area contributed by atoms with Crippen molar-refractivity contribution in [2.45, 2.75) is 51.4 Å². The number of nitrogens with one attached hydrogen (secondary N) is 1. The number of rotatable bonds is 3. The molecule has 0 spiro atoms. The highest BCUT2D eigenvalue weighted by Gasteiger charge is 2.42. The highest BCUT2D eigenvalue weighted by molar-refractivity contribution is 5.89. The van der Waals surface area contributed by atoms with Crippen LogP contribution >= 0.6 is 0 Å². The summed E-state index contributed by atoms with van der Waals surface area (Å²) in [6.45, 7) is 5.59. The fourth-order valence-corrected chi connectivity index (χ4v) is 6.11. The summed E-state index contributed by atoms with van der Waals surface area (Å²) >= 11 is 0. The molecule has 2 amide bonds. The summed E-state index contributed by atoms with van der Waals surface area (Å²) in [5.74, 6) is -1.03. The van der Waals surface area contributed by atoms with Gasteiger partial charge in [0.2, 0.25) is 24.0 Å². The Balaban J connectivity index is 1.43. The van der Waals surface area contributed by atoms with Crippen molar-refractivity contribution in [3.05, 3.63) is 34.9 Å². The molecule has 0 aromatic heterocycles. The van der Waals surface area contributed by atoms with E-state index in [4.69, 9.17) is 5.26 Å². The quantitative estimate of drug-likeness (QED) is 0.212. The highest BCUT2D eigenvalue weighted by Crippen LogP contribution is 2.33. The number of hydrogen-bond acceptors (Lipinski definition) is 6. The lowest BCUT2D eigenvalue weighted by Gasteiger charge is -2.43. The zero-order valence-corrected chi connectivity index (χ0v) is 21.4. The van der Waals surface area contributed by atoms with Gasteiger partial charge in [-0.3, -0.25) is 14.8 Å². The number of nitrogens with zero attached hydrogens (tertiary/aromatic N) is 6. The minimum atomic E-state index is -0.738. The van der Waals surface area contributed by atoms with Crippen LogP contribution in [0.2, 0.25) is 0 Å². The Morgan fingerprint density at radius 1 is 0.973 bits per heavy atom. The molecule has 0 aliphatic carbocycles. The maximum Gasteiger partial charge on any atom is 0.249 e. The number of amides is 2. The fraction of sp³-hybridized carbons (Fsp3) is 0.593. The summed E-state index contributed by atoms with van der Waals surface area (Å²) in [5, 5.41) is 27.9. The standard InChI is InChI=1S/C27H35N7O3/c1-19-15-20(16-28)5-6-22(19)21-7-12-32(13-8-21)26(36)23-9-14-34(17-24(23)25(35)31-37)27(30-18-29)33-10-3-2-4-11-33/h5-6,15,21,23-24,37H,2-4,7-14,17H2,1H3,(H,31,35). The number of aryl methyl sites for hydroxylation is 1. The number of piperidine rings is 3. The van der Waals surface area contributed by atoms with Crippen LogP contribution in [-0.4, -0.2) is 76.9 Å². The van der Waals surface area contributed by atoms with Crippen molar-refractivity contribution in [2.24, 2.45) is 16.8 Å². The molecule has 37 heavy (non-hydrogen) atoms. The molecular formula is C27H35N7O3. The van der Waals surface area contributed by atoms with Gasteiger partial charge in [-0.1, -0.05) is 6.07 Å². The summed E-state index contributed by atoms with van der Waals surface area (Å²) in [6, 6.07) is 7.96. The first-order chi connectivity index (χ1) is 18.0.